The van der Waals surface area contributed by atoms with Gasteiger partial charge in [-0.15, -0.1) is 10.2 Å². The first-order chi connectivity index (χ1) is 12.0. The summed E-state index contributed by atoms with van der Waals surface area (Å²) in [5.74, 6) is 0.976. The lowest BCUT2D eigenvalue weighted by atomic mass is 9.95. The van der Waals surface area contributed by atoms with E-state index in [0.29, 0.717) is 13.1 Å². The minimum atomic E-state index is -0.940. The van der Waals surface area contributed by atoms with Gasteiger partial charge < -0.3 is 10.0 Å². The molecule has 2 atom stereocenters. The maximum atomic E-state index is 12.0. The first-order valence-corrected chi connectivity index (χ1v) is 9.49. The number of hydrogen-bond donors (Lipinski definition) is 1. The standard InChI is InChI=1S/C17H20BrN5O2/c1-10(24)17(25)22-6-4-11(5-7-22)16-21-20-15-9-19-13-3-2-12(18)8-14(13)23(15)16/h3,8-12,24H,2,4-7H2,1H3/t10-,12?/m0/s1. The van der Waals surface area contributed by atoms with Crippen molar-refractivity contribution in [3.05, 3.63) is 22.7 Å². The topological polar surface area (TPSA) is 83.6 Å². The summed E-state index contributed by atoms with van der Waals surface area (Å²) < 4.78 is 2.10. The van der Waals surface area contributed by atoms with Crippen molar-refractivity contribution in [3.8, 4) is 0 Å². The Morgan fingerprint density at radius 2 is 2.12 bits per heavy atom. The molecule has 1 fully saturated rings. The number of aliphatic hydroxyl groups is 1. The Hall–Kier alpha value is -1.80. The molecule has 2 aromatic rings. The number of likely N-dealkylation sites (tertiary alicyclic amines) is 1. The average Bonchev–Trinajstić information content (AvgIpc) is 3.05. The van der Waals surface area contributed by atoms with E-state index in [4.69, 9.17) is 0 Å². The van der Waals surface area contributed by atoms with Crippen LogP contribution in [0.15, 0.2) is 6.20 Å². The number of piperidine rings is 1. The molecular formula is C17H20BrN5O2. The van der Waals surface area contributed by atoms with Crippen LogP contribution in [-0.2, 0) is 4.79 Å². The maximum Gasteiger partial charge on any atom is 0.251 e. The molecule has 0 bridgehead atoms. The van der Waals surface area contributed by atoms with E-state index in [1.807, 2.05) is 0 Å². The van der Waals surface area contributed by atoms with Gasteiger partial charge in [0.1, 0.15) is 11.9 Å². The summed E-state index contributed by atoms with van der Waals surface area (Å²) >= 11 is 3.65. The Morgan fingerprint density at radius 1 is 1.36 bits per heavy atom. The van der Waals surface area contributed by atoms with E-state index in [2.05, 4.69) is 47.7 Å². The van der Waals surface area contributed by atoms with Gasteiger partial charge in [0.15, 0.2) is 5.65 Å². The molecule has 7 nitrogen and oxygen atoms in total. The Bertz CT molecular complexity index is 930. The summed E-state index contributed by atoms with van der Waals surface area (Å²) in [6.07, 6.45) is 7.67. The molecule has 25 heavy (non-hydrogen) atoms. The van der Waals surface area contributed by atoms with Crippen molar-refractivity contribution < 1.29 is 9.90 Å². The Morgan fingerprint density at radius 3 is 2.84 bits per heavy atom. The lowest BCUT2D eigenvalue weighted by Gasteiger charge is -2.32. The van der Waals surface area contributed by atoms with Gasteiger partial charge in [-0.05, 0) is 32.3 Å². The Balaban J connectivity index is 1.68. The monoisotopic (exact) mass is 405 g/mol. The molecule has 1 unspecified atom stereocenters. The number of fused-ring (bicyclic) bond motifs is 3. The predicted molar refractivity (Wildman–Crippen MR) is 96.5 cm³/mol. The Kier molecular flexibility index (Phi) is 4.33. The van der Waals surface area contributed by atoms with Gasteiger partial charge in [0, 0.05) is 23.8 Å². The first kappa shape index (κ1) is 16.7. The molecule has 4 rings (SSSR count). The van der Waals surface area contributed by atoms with Crippen molar-refractivity contribution in [2.75, 3.05) is 13.1 Å². The van der Waals surface area contributed by atoms with E-state index < -0.39 is 6.10 Å². The molecule has 2 aliphatic rings. The number of alkyl halides is 1. The minimum absolute atomic E-state index is 0.198. The second-order valence-electron chi connectivity index (χ2n) is 6.68. The van der Waals surface area contributed by atoms with Crippen LogP contribution in [-0.4, -0.2) is 59.5 Å². The second kappa shape index (κ2) is 6.49. The molecule has 1 aliphatic carbocycles. The van der Waals surface area contributed by atoms with Crippen molar-refractivity contribution in [1.82, 2.24) is 24.5 Å². The van der Waals surface area contributed by atoms with E-state index in [1.54, 1.807) is 11.1 Å². The lowest BCUT2D eigenvalue weighted by Crippen LogP contribution is -2.43. The van der Waals surface area contributed by atoms with Crippen molar-refractivity contribution in [1.29, 1.82) is 0 Å². The highest BCUT2D eigenvalue weighted by Crippen LogP contribution is 2.26. The molecule has 132 valence electrons. The van der Waals surface area contributed by atoms with E-state index >= 15 is 0 Å². The molecule has 0 spiro atoms. The zero-order valence-electron chi connectivity index (χ0n) is 14.0. The zero-order valence-corrected chi connectivity index (χ0v) is 15.6. The van der Waals surface area contributed by atoms with Crippen LogP contribution in [0.3, 0.4) is 0 Å². The van der Waals surface area contributed by atoms with Crippen molar-refractivity contribution in [2.45, 2.75) is 43.0 Å². The quantitative estimate of drug-likeness (QED) is 0.707. The molecule has 1 amide bonds. The van der Waals surface area contributed by atoms with Gasteiger partial charge >= 0.3 is 0 Å². The van der Waals surface area contributed by atoms with Crippen LogP contribution in [0, 0.1) is 0 Å². The van der Waals surface area contributed by atoms with Crippen LogP contribution in [0.1, 0.15) is 37.9 Å². The number of aliphatic hydroxyl groups excluding tert-OH is 1. The molecular weight excluding hydrogens is 386 g/mol. The number of rotatable bonds is 2. The summed E-state index contributed by atoms with van der Waals surface area (Å²) in [4.78, 5) is 18.5. The van der Waals surface area contributed by atoms with Gasteiger partial charge in [0.05, 0.1) is 16.9 Å². The van der Waals surface area contributed by atoms with Crippen molar-refractivity contribution >= 4 is 39.6 Å². The molecule has 1 saturated heterocycles. The summed E-state index contributed by atoms with van der Waals surface area (Å²) in [6.45, 7) is 2.78. The fourth-order valence-electron chi connectivity index (χ4n) is 3.61. The Labute approximate surface area is 153 Å². The lowest BCUT2D eigenvalue weighted by molar-refractivity contribution is -0.140. The summed E-state index contributed by atoms with van der Waals surface area (Å²) in [7, 11) is 0. The van der Waals surface area contributed by atoms with E-state index in [0.717, 1.165) is 41.4 Å². The number of amides is 1. The number of halogens is 1. The van der Waals surface area contributed by atoms with Gasteiger partial charge in [-0.3, -0.25) is 14.2 Å². The molecule has 0 saturated carbocycles. The molecule has 0 aromatic carbocycles. The largest absolute Gasteiger partial charge is 0.384 e. The summed E-state index contributed by atoms with van der Waals surface area (Å²) in [5, 5.41) is 20.2. The fourth-order valence-corrected chi connectivity index (χ4v) is 4.05. The van der Waals surface area contributed by atoms with Crippen LogP contribution in [0.4, 0.5) is 0 Å². The van der Waals surface area contributed by atoms with Crippen molar-refractivity contribution in [2.24, 2.45) is 0 Å². The minimum Gasteiger partial charge on any atom is -0.384 e. The van der Waals surface area contributed by atoms with E-state index in [-0.39, 0.29) is 16.7 Å². The zero-order chi connectivity index (χ0) is 17.6. The van der Waals surface area contributed by atoms with E-state index in [9.17, 15) is 9.90 Å². The van der Waals surface area contributed by atoms with Gasteiger partial charge in [-0.2, -0.15) is 0 Å². The third-order valence-electron chi connectivity index (χ3n) is 4.94. The number of aromatic nitrogens is 4. The van der Waals surface area contributed by atoms with Crippen molar-refractivity contribution in [3.63, 3.8) is 0 Å². The normalized spacial score (nSPS) is 22.2. The number of nitrogens with zero attached hydrogens (tertiary/aromatic N) is 5. The third-order valence-corrected chi connectivity index (χ3v) is 5.58. The van der Waals surface area contributed by atoms with E-state index in [1.165, 1.54) is 6.92 Å². The highest BCUT2D eigenvalue weighted by molar-refractivity contribution is 9.09. The second-order valence-corrected chi connectivity index (χ2v) is 7.85. The van der Waals surface area contributed by atoms with Gasteiger partial charge in [-0.25, -0.2) is 0 Å². The van der Waals surface area contributed by atoms with Crippen LogP contribution in [0.25, 0.3) is 17.8 Å². The maximum absolute atomic E-state index is 12.0. The third kappa shape index (κ3) is 2.97. The molecule has 1 aliphatic heterocycles. The number of carbonyl (C=O) groups excluding carboxylic acids is 1. The molecule has 1 N–H and O–H groups in total. The first-order valence-electron chi connectivity index (χ1n) is 8.57. The van der Waals surface area contributed by atoms with Gasteiger partial charge in [0.2, 0.25) is 0 Å². The van der Waals surface area contributed by atoms with Gasteiger partial charge in [-0.1, -0.05) is 22.0 Å². The van der Waals surface area contributed by atoms with Crippen LogP contribution in [0.2, 0.25) is 0 Å². The SMILES string of the molecule is C[C@H](O)C(=O)N1CCC(c2nnc3cnc4c(n23)=CC(Br)CC=4)CC1. The molecule has 8 heteroatoms. The summed E-state index contributed by atoms with van der Waals surface area (Å²) in [5.41, 5.74) is 0.752. The fraction of sp³-hybridized carbons (Fsp3) is 0.529. The van der Waals surface area contributed by atoms with Crippen LogP contribution < -0.4 is 10.7 Å². The highest BCUT2D eigenvalue weighted by Gasteiger charge is 2.28. The smallest absolute Gasteiger partial charge is 0.251 e. The molecule has 3 heterocycles. The summed E-state index contributed by atoms with van der Waals surface area (Å²) in [6, 6.07) is 0. The predicted octanol–water partition coefficient (Wildman–Crippen LogP) is -0.0607. The average molecular weight is 406 g/mol. The molecule has 0 radical (unpaired) electrons. The molecule has 2 aromatic heterocycles. The highest BCUT2D eigenvalue weighted by atomic mass is 79.9. The number of hydrogen-bond acceptors (Lipinski definition) is 5. The van der Waals surface area contributed by atoms with Crippen LogP contribution in [0.5, 0.6) is 0 Å². The van der Waals surface area contributed by atoms with Crippen LogP contribution >= 0.6 is 15.9 Å². The number of carbonyl (C=O) groups is 1. The van der Waals surface area contributed by atoms with Gasteiger partial charge in [0.25, 0.3) is 5.91 Å².